The quantitative estimate of drug-likeness (QED) is 0.362. The van der Waals surface area contributed by atoms with Gasteiger partial charge in [0.05, 0.1) is 0 Å². The number of carboxylic acids is 1. The van der Waals surface area contributed by atoms with Crippen LogP contribution in [-0.2, 0) is 9.53 Å². The molecule has 1 N–H and O–H groups in total. The van der Waals surface area contributed by atoms with Gasteiger partial charge in [-0.3, -0.25) is 0 Å². The van der Waals surface area contributed by atoms with Gasteiger partial charge in [0.2, 0.25) is 0 Å². The van der Waals surface area contributed by atoms with E-state index in [2.05, 4.69) is 19.1 Å². The summed E-state index contributed by atoms with van der Waals surface area (Å²) in [6, 6.07) is 0. The van der Waals surface area contributed by atoms with Crippen molar-refractivity contribution < 1.29 is 14.6 Å². The molecule has 0 heterocycles. The number of methoxy groups -OCH3 is 1. The number of hydrogen-bond donors (Lipinski definition) is 1. The number of hydrogen-bond acceptors (Lipinski definition) is 2. The van der Waals surface area contributed by atoms with Gasteiger partial charge >= 0.3 is 5.97 Å². The molecule has 1 atom stereocenters. The predicted molar refractivity (Wildman–Crippen MR) is 84.0 cm³/mol. The first kappa shape index (κ1) is 19.2. The lowest BCUT2D eigenvalue weighted by Crippen LogP contribution is -2.21. The highest BCUT2D eigenvalue weighted by Gasteiger charge is 2.14. The van der Waals surface area contributed by atoms with Crippen LogP contribution in [0, 0.1) is 0 Å². The second-order valence-corrected chi connectivity index (χ2v) is 5.37. The highest BCUT2D eigenvalue weighted by Crippen LogP contribution is 2.09. The van der Waals surface area contributed by atoms with Crippen molar-refractivity contribution in [1.29, 1.82) is 0 Å². The molecule has 0 fully saturated rings. The minimum atomic E-state index is -0.862. The van der Waals surface area contributed by atoms with Crippen molar-refractivity contribution in [3.63, 3.8) is 0 Å². The zero-order chi connectivity index (χ0) is 15.1. The van der Waals surface area contributed by atoms with Gasteiger partial charge < -0.3 is 9.84 Å². The zero-order valence-corrected chi connectivity index (χ0v) is 13.3. The Hall–Kier alpha value is -0.830. The van der Waals surface area contributed by atoms with Crippen molar-refractivity contribution >= 4 is 5.97 Å². The Kier molecular flexibility index (Phi) is 14.0. The van der Waals surface area contributed by atoms with Crippen LogP contribution in [0.25, 0.3) is 0 Å². The van der Waals surface area contributed by atoms with Gasteiger partial charge in [0.25, 0.3) is 0 Å². The Bertz CT molecular complexity index is 249. The van der Waals surface area contributed by atoms with Gasteiger partial charge in [-0.25, -0.2) is 4.79 Å². The van der Waals surface area contributed by atoms with Crippen LogP contribution in [0.4, 0.5) is 0 Å². The number of allylic oxidation sites excluding steroid dienone is 2. The normalized spacial score (nSPS) is 12.9. The minimum absolute atomic E-state index is 0.591. The molecule has 0 aliphatic carbocycles. The highest BCUT2D eigenvalue weighted by atomic mass is 16.5. The SMILES string of the molecule is CCCCCCCCCC=CCCCC(OC)C(=O)O. The molecule has 0 aromatic heterocycles. The Morgan fingerprint density at radius 2 is 1.55 bits per heavy atom. The van der Waals surface area contributed by atoms with Crippen molar-refractivity contribution in [2.24, 2.45) is 0 Å². The van der Waals surface area contributed by atoms with E-state index in [-0.39, 0.29) is 0 Å². The first-order chi connectivity index (χ1) is 9.72. The Morgan fingerprint density at radius 3 is 2.10 bits per heavy atom. The van der Waals surface area contributed by atoms with Crippen LogP contribution in [-0.4, -0.2) is 24.3 Å². The third kappa shape index (κ3) is 12.2. The van der Waals surface area contributed by atoms with E-state index in [0.717, 1.165) is 19.3 Å². The molecule has 118 valence electrons. The number of carboxylic acid groups (broad SMARTS) is 1. The van der Waals surface area contributed by atoms with Gasteiger partial charge in [-0.1, -0.05) is 57.6 Å². The fraction of sp³-hybridized carbons (Fsp3) is 0.824. The summed E-state index contributed by atoms with van der Waals surface area (Å²) in [5.74, 6) is -0.862. The van der Waals surface area contributed by atoms with Crippen molar-refractivity contribution in [1.82, 2.24) is 0 Å². The zero-order valence-electron chi connectivity index (χ0n) is 13.3. The summed E-state index contributed by atoms with van der Waals surface area (Å²) in [6.07, 6.45) is 16.7. The fourth-order valence-electron chi connectivity index (χ4n) is 2.22. The molecule has 0 aliphatic heterocycles. The van der Waals surface area contributed by atoms with E-state index in [0.29, 0.717) is 6.42 Å². The van der Waals surface area contributed by atoms with E-state index in [4.69, 9.17) is 9.84 Å². The van der Waals surface area contributed by atoms with Crippen LogP contribution in [0.15, 0.2) is 12.2 Å². The molecule has 0 radical (unpaired) electrons. The molecule has 0 saturated carbocycles. The maximum atomic E-state index is 10.7. The van der Waals surface area contributed by atoms with Crippen molar-refractivity contribution in [3.8, 4) is 0 Å². The van der Waals surface area contributed by atoms with Gasteiger partial charge in [-0.15, -0.1) is 0 Å². The molecular weight excluding hydrogens is 252 g/mol. The number of ether oxygens (including phenoxy) is 1. The standard InChI is InChI=1S/C17H32O3/c1-3-4-5-6-7-8-9-10-11-12-13-14-15-16(20-2)17(18)19/h11-12,16H,3-10,13-15H2,1-2H3,(H,18,19). The number of aliphatic carboxylic acids is 1. The maximum Gasteiger partial charge on any atom is 0.332 e. The fourth-order valence-corrected chi connectivity index (χ4v) is 2.22. The Morgan fingerprint density at radius 1 is 1.00 bits per heavy atom. The van der Waals surface area contributed by atoms with Crippen LogP contribution < -0.4 is 0 Å². The smallest absolute Gasteiger partial charge is 0.332 e. The van der Waals surface area contributed by atoms with E-state index < -0.39 is 12.1 Å². The van der Waals surface area contributed by atoms with Gasteiger partial charge in [-0.05, 0) is 32.1 Å². The van der Waals surface area contributed by atoms with Crippen molar-refractivity contribution in [3.05, 3.63) is 12.2 Å². The molecule has 20 heavy (non-hydrogen) atoms. The molecule has 0 spiro atoms. The van der Waals surface area contributed by atoms with E-state index in [1.54, 1.807) is 0 Å². The first-order valence-electron chi connectivity index (χ1n) is 8.13. The van der Waals surface area contributed by atoms with E-state index in [1.807, 2.05) is 0 Å². The van der Waals surface area contributed by atoms with Crippen molar-refractivity contribution in [2.45, 2.75) is 83.7 Å². The summed E-state index contributed by atoms with van der Waals surface area (Å²) in [5, 5.41) is 8.81. The highest BCUT2D eigenvalue weighted by molar-refractivity contribution is 5.72. The first-order valence-corrected chi connectivity index (χ1v) is 8.13. The summed E-state index contributed by atoms with van der Waals surface area (Å²) in [7, 11) is 1.45. The minimum Gasteiger partial charge on any atom is -0.479 e. The molecule has 0 saturated heterocycles. The summed E-state index contributed by atoms with van der Waals surface area (Å²) in [6.45, 7) is 2.25. The van der Waals surface area contributed by atoms with Gasteiger partial charge in [0, 0.05) is 7.11 Å². The monoisotopic (exact) mass is 284 g/mol. The Balaban J connectivity index is 3.30. The third-order valence-corrected chi connectivity index (χ3v) is 3.54. The molecule has 3 nitrogen and oxygen atoms in total. The second-order valence-electron chi connectivity index (χ2n) is 5.37. The number of unbranched alkanes of at least 4 members (excludes halogenated alkanes) is 8. The van der Waals surface area contributed by atoms with Gasteiger partial charge in [0.15, 0.2) is 6.10 Å². The number of carbonyl (C=O) groups is 1. The summed E-state index contributed by atoms with van der Waals surface area (Å²) in [5.41, 5.74) is 0. The Labute approximate surface area is 124 Å². The van der Waals surface area contributed by atoms with Crippen LogP contribution >= 0.6 is 0 Å². The lowest BCUT2D eigenvalue weighted by Gasteiger charge is -2.08. The molecule has 1 unspecified atom stereocenters. The van der Waals surface area contributed by atoms with Crippen LogP contribution in [0.3, 0.4) is 0 Å². The molecule has 0 bridgehead atoms. The molecule has 3 heteroatoms. The van der Waals surface area contributed by atoms with Crippen LogP contribution in [0.1, 0.15) is 77.6 Å². The van der Waals surface area contributed by atoms with E-state index in [9.17, 15) is 4.79 Å². The second kappa shape index (κ2) is 14.6. The summed E-state index contributed by atoms with van der Waals surface area (Å²) < 4.78 is 4.89. The average molecular weight is 284 g/mol. The maximum absolute atomic E-state index is 10.7. The lowest BCUT2D eigenvalue weighted by molar-refractivity contribution is -0.148. The van der Waals surface area contributed by atoms with E-state index in [1.165, 1.54) is 52.1 Å². The lowest BCUT2D eigenvalue weighted by atomic mass is 10.1. The topological polar surface area (TPSA) is 46.5 Å². The summed E-state index contributed by atoms with van der Waals surface area (Å²) in [4.78, 5) is 10.7. The van der Waals surface area contributed by atoms with Gasteiger partial charge in [-0.2, -0.15) is 0 Å². The molecule has 0 aromatic carbocycles. The molecule has 0 rings (SSSR count). The van der Waals surface area contributed by atoms with Gasteiger partial charge in [0.1, 0.15) is 0 Å². The molecule has 0 aromatic rings. The molecular formula is C17H32O3. The third-order valence-electron chi connectivity index (χ3n) is 3.54. The largest absolute Gasteiger partial charge is 0.479 e. The van der Waals surface area contributed by atoms with E-state index >= 15 is 0 Å². The molecule has 0 aliphatic rings. The van der Waals surface area contributed by atoms with Crippen LogP contribution in [0.5, 0.6) is 0 Å². The average Bonchev–Trinajstić information content (AvgIpc) is 2.43. The van der Waals surface area contributed by atoms with Crippen LogP contribution in [0.2, 0.25) is 0 Å². The number of rotatable bonds is 14. The van der Waals surface area contributed by atoms with Crippen molar-refractivity contribution in [2.75, 3.05) is 7.11 Å². The predicted octanol–water partition coefficient (Wildman–Crippen LogP) is 4.95. The molecule has 0 amide bonds. The summed E-state index contributed by atoms with van der Waals surface area (Å²) >= 11 is 0.